The molecule has 4 rings (SSSR count). The van der Waals surface area contributed by atoms with Gasteiger partial charge in [0.15, 0.2) is 5.65 Å². The first kappa shape index (κ1) is 19.2. The maximum Gasteiger partial charge on any atom is 0.224 e. The second-order valence-electron chi connectivity index (χ2n) is 7.50. The number of hydrogen-bond acceptors (Lipinski definition) is 5. The van der Waals surface area contributed by atoms with Crippen LogP contribution in [-0.2, 0) is 9.53 Å². The molecule has 1 aliphatic heterocycles. The highest BCUT2D eigenvalue weighted by molar-refractivity contribution is 5.85. The zero-order valence-electron chi connectivity index (χ0n) is 16.8. The summed E-state index contributed by atoms with van der Waals surface area (Å²) in [6.07, 6.45) is 2.20. The van der Waals surface area contributed by atoms with Crippen molar-refractivity contribution >= 4 is 28.4 Å². The van der Waals surface area contributed by atoms with Gasteiger partial charge in [-0.3, -0.25) is 9.20 Å². The van der Waals surface area contributed by atoms with Crippen molar-refractivity contribution in [2.45, 2.75) is 32.2 Å². The first-order chi connectivity index (χ1) is 14.1. The molecule has 150 valence electrons. The SMILES string of the molecule is COCCC(=O)N1CCC(Nc2cc(C)c(C#N)c3nc4ccccc4n23)CC1. The monoisotopic (exact) mass is 391 g/mol. The summed E-state index contributed by atoms with van der Waals surface area (Å²) >= 11 is 0. The summed E-state index contributed by atoms with van der Waals surface area (Å²) < 4.78 is 7.05. The topological polar surface area (TPSA) is 82.7 Å². The van der Waals surface area contributed by atoms with Crippen molar-refractivity contribution in [3.05, 3.63) is 41.5 Å². The molecule has 2 aromatic heterocycles. The molecule has 1 saturated heterocycles. The van der Waals surface area contributed by atoms with E-state index in [1.807, 2.05) is 46.6 Å². The van der Waals surface area contributed by atoms with Crippen LogP contribution in [0.4, 0.5) is 5.82 Å². The van der Waals surface area contributed by atoms with Crippen LogP contribution in [0.3, 0.4) is 0 Å². The van der Waals surface area contributed by atoms with Gasteiger partial charge in [0.05, 0.1) is 29.6 Å². The molecule has 1 N–H and O–H groups in total. The highest BCUT2D eigenvalue weighted by Crippen LogP contribution is 2.28. The van der Waals surface area contributed by atoms with Gasteiger partial charge < -0.3 is 15.0 Å². The van der Waals surface area contributed by atoms with E-state index < -0.39 is 0 Å². The van der Waals surface area contributed by atoms with Gasteiger partial charge in [-0.2, -0.15) is 5.26 Å². The number of nitriles is 1. The molecule has 29 heavy (non-hydrogen) atoms. The summed E-state index contributed by atoms with van der Waals surface area (Å²) in [4.78, 5) is 18.8. The Bertz CT molecular complexity index is 1090. The first-order valence-corrected chi connectivity index (χ1v) is 9.96. The number of carbonyl (C=O) groups is 1. The maximum absolute atomic E-state index is 12.2. The lowest BCUT2D eigenvalue weighted by Gasteiger charge is -2.33. The third kappa shape index (κ3) is 3.64. The zero-order chi connectivity index (χ0) is 20.4. The number of anilines is 1. The molecule has 1 aliphatic rings. The van der Waals surface area contributed by atoms with Crippen molar-refractivity contribution in [2.75, 3.05) is 32.1 Å². The van der Waals surface area contributed by atoms with Crippen molar-refractivity contribution < 1.29 is 9.53 Å². The number of methoxy groups -OCH3 is 1. The molecule has 1 fully saturated rings. The predicted octanol–water partition coefficient (Wildman–Crippen LogP) is 3.11. The average Bonchev–Trinajstić information content (AvgIpc) is 3.12. The smallest absolute Gasteiger partial charge is 0.224 e. The van der Waals surface area contributed by atoms with E-state index in [-0.39, 0.29) is 11.9 Å². The Hall–Kier alpha value is -3.11. The van der Waals surface area contributed by atoms with Crippen LogP contribution in [-0.4, -0.2) is 53.0 Å². The maximum atomic E-state index is 12.2. The van der Waals surface area contributed by atoms with Crippen molar-refractivity contribution in [2.24, 2.45) is 0 Å². The van der Waals surface area contributed by atoms with Crippen LogP contribution in [0.2, 0.25) is 0 Å². The van der Waals surface area contributed by atoms with Gasteiger partial charge in [0.25, 0.3) is 0 Å². The summed E-state index contributed by atoms with van der Waals surface area (Å²) in [7, 11) is 1.61. The number of aromatic nitrogens is 2. The summed E-state index contributed by atoms with van der Waals surface area (Å²) in [6.45, 7) is 3.89. The molecule has 0 unspecified atom stereocenters. The van der Waals surface area contributed by atoms with Gasteiger partial charge in [-0.25, -0.2) is 4.98 Å². The highest BCUT2D eigenvalue weighted by Gasteiger charge is 2.24. The lowest BCUT2D eigenvalue weighted by Crippen LogP contribution is -2.42. The summed E-state index contributed by atoms with van der Waals surface area (Å²) in [5, 5.41) is 13.3. The van der Waals surface area contributed by atoms with Gasteiger partial charge in [-0.15, -0.1) is 0 Å². The third-order valence-electron chi connectivity index (χ3n) is 5.60. The number of benzene rings is 1. The molecule has 0 spiro atoms. The van der Waals surface area contributed by atoms with Crippen LogP contribution in [0, 0.1) is 18.3 Å². The Morgan fingerprint density at radius 1 is 1.34 bits per heavy atom. The van der Waals surface area contributed by atoms with E-state index in [1.54, 1.807) is 7.11 Å². The fourth-order valence-corrected chi connectivity index (χ4v) is 4.03. The summed E-state index contributed by atoms with van der Waals surface area (Å²) in [5.41, 5.74) is 4.04. The molecule has 1 amide bonds. The van der Waals surface area contributed by atoms with Gasteiger partial charge in [-0.1, -0.05) is 12.1 Å². The highest BCUT2D eigenvalue weighted by atomic mass is 16.5. The Morgan fingerprint density at radius 3 is 2.83 bits per heavy atom. The number of piperidine rings is 1. The van der Waals surface area contributed by atoms with Gasteiger partial charge in [0, 0.05) is 26.2 Å². The number of nitrogens with one attached hydrogen (secondary N) is 1. The molecule has 3 aromatic rings. The molecule has 7 heteroatoms. The van der Waals surface area contributed by atoms with Crippen LogP contribution >= 0.6 is 0 Å². The van der Waals surface area contributed by atoms with Gasteiger partial charge in [-0.05, 0) is 43.5 Å². The molecule has 0 saturated carbocycles. The molecule has 0 aliphatic carbocycles. The fourth-order valence-electron chi connectivity index (χ4n) is 4.03. The number of hydrogen-bond donors (Lipinski definition) is 1. The van der Waals surface area contributed by atoms with Crippen LogP contribution in [0.5, 0.6) is 0 Å². The van der Waals surface area contributed by atoms with Crippen molar-refractivity contribution in [3.63, 3.8) is 0 Å². The van der Waals surface area contributed by atoms with Crippen LogP contribution in [0.1, 0.15) is 30.4 Å². The normalized spacial score (nSPS) is 15.0. The zero-order valence-corrected chi connectivity index (χ0v) is 16.8. The number of amides is 1. The van der Waals surface area contributed by atoms with Crippen LogP contribution < -0.4 is 5.32 Å². The number of fused-ring (bicyclic) bond motifs is 3. The van der Waals surface area contributed by atoms with E-state index >= 15 is 0 Å². The molecule has 0 bridgehead atoms. The van der Waals surface area contributed by atoms with Crippen molar-refractivity contribution in [3.8, 4) is 6.07 Å². The second kappa shape index (κ2) is 8.10. The number of ether oxygens (including phenoxy) is 1. The number of aryl methyl sites for hydroxylation is 1. The first-order valence-electron chi connectivity index (χ1n) is 9.96. The van der Waals surface area contributed by atoms with E-state index in [1.165, 1.54) is 0 Å². The molecule has 3 heterocycles. The van der Waals surface area contributed by atoms with Crippen LogP contribution in [0.25, 0.3) is 16.7 Å². The van der Waals surface area contributed by atoms with E-state index in [0.717, 1.165) is 48.3 Å². The molecule has 7 nitrogen and oxygen atoms in total. The van der Waals surface area contributed by atoms with E-state index in [0.29, 0.717) is 24.2 Å². The lowest BCUT2D eigenvalue weighted by atomic mass is 10.0. The van der Waals surface area contributed by atoms with Gasteiger partial charge in [0.2, 0.25) is 5.91 Å². The van der Waals surface area contributed by atoms with E-state index in [9.17, 15) is 10.1 Å². The quantitative estimate of drug-likeness (QED) is 0.723. The molecule has 0 atom stereocenters. The number of imidazole rings is 1. The number of carbonyl (C=O) groups excluding carboxylic acids is 1. The second-order valence-corrected chi connectivity index (χ2v) is 7.50. The number of nitrogens with zero attached hydrogens (tertiary/aromatic N) is 4. The number of para-hydroxylation sites is 2. The minimum atomic E-state index is 0.155. The number of rotatable bonds is 5. The van der Waals surface area contributed by atoms with Crippen LogP contribution in [0.15, 0.2) is 30.3 Å². The summed E-state index contributed by atoms with van der Waals surface area (Å²) in [6, 6.07) is 12.5. The molecular formula is C22H25N5O2. The molecule has 0 radical (unpaired) electrons. The molecule has 1 aromatic carbocycles. The number of pyridine rings is 1. The Balaban J connectivity index is 1.59. The Labute approximate surface area is 169 Å². The lowest BCUT2D eigenvalue weighted by molar-refractivity contribution is -0.133. The van der Waals surface area contributed by atoms with E-state index in [2.05, 4.69) is 11.4 Å². The van der Waals surface area contributed by atoms with Gasteiger partial charge >= 0.3 is 0 Å². The Kier molecular flexibility index (Phi) is 5.36. The Morgan fingerprint density at radius 2 is 2.10 bits per heavy atom. The number of likely N-dealkylation sites (tertiary alicyclic amines) is 1. The third-order valence-corrected chi connectivity index (χ3v) is 5.60. The fraction of sp³-hybridized carbons (Fsp3) is 0.409. The average molecular weight is 391 g/mol. The molecular weight excluding hydrogens is 366 g/mol. The largest absolute Gasteiger partial charge is 0.384 e. The van der Waals surface area contributed by atoms with Crippen molar-refractivity contribution in [1.82, 2.24) is 14.3 Å². The van der Waals surface area contributed by atoms with E-state index in [4.69, 9.17) is 9.72 Å². The minimum absolute atomic E-state index is 0.155. The summed E-state index contributed by atoms with van der Waals surface area (Å²) in [5.74, 6) is 1.09. The van der Waals surface area contributed by atoms with Gasteiger partial charge in [0.1, 0.15) is 11.9 Å². The standard InChI is InChI=1S/C22H25N5O2/c1-15-13-20(24-16-7-10-26(11-8-16)21(28)9-12-29-2)27-19-6-4-3-5-18(19)25-22(27)17(15)14-23/h3-6,13,16,24H,7-12H2,1-2H3. The van der Waals surface area contributed by atoms with Crippen molar-refractivity contribution in [1.29, 1.82) is 5.26 Å². The predicted molar refractivity (Wildman–Crippen MR) is 112 cm³/mol. The minimum Gasteiger partial charge on any atom is -0.384 e.